The van der Waals surface area contributed by atoms with Crippen LogP contribution in [-0.4, -0.2) is 50.1 Å². The quantitative estimate of drug-likeness (QED) is 0.633. The third-order valence-electron chi connectivity index (χ3n) is 3.23. The van der Waals surface area contributed by atoms with Crippen molar-refractivity contribution in [2.45, 2.75) is 13.8 Å². The maximum atomic E-state index is 12.0. The zero-order valence-electron chi connectivity index (χ0n) is 12.5. The number of benzene rings is 1. The van der Waals surface area contributed by atoms with Crippen LogP contribution >= 0.6 is 0 Å². The predicted octanol–water partition coefficient (Wildman–Crippen LogP) is 1.13. The minimum atomic E-state index is -0.0254. The monoisotopic (exact) mass is 278 g/mol. The molecule has 5 nitrogen and oxygen atoms in total. The molecule has 0 heterocycles. The molecule has 0 unspecified atom stereocenters. The van der Waals surface area contributed by atoms with Crippen LogP contribution in [-0.2, 0) is 0 Å². The third kappa shape index (κ3) is 5.59. The molecule has 5 heteroatoms. The maximum absolute atomic E-state index is 12.0. The van der Waals surface area contributed by atoms with Crippen LogP contribution in [0.1, 0.15) is 24.2 Å². The largest absolute Gasteiger partial charge is 0.384 e. The molecule has 0 radical (unpaired) electrons. The van der Waals surface area contributed by atoms with Crippen LogP contribution < -0.4 is 16.4 Å². The fourth-order valence-electron chi connectivity index (χ4n) is 1.93. The van der Waals surface area contributed by atoms with Gasteiger partial charge in [0.15, 0.2) is 0 Å². The van der Waals surface area contributed by atoms with Gasteiger partial charge in [-0.25, -0.2) is 0 Å². The van der Waals surface area contributed by atoms with Gasteiger partial charge in [-0.15, -0.1) is 0 Å². The molecule has 0 spiro atoms. The topological polar surface area (TPSA) is 70.4 Å². The Morgan fingerprint density at radius 3 is 2.35 bits per heavy atom. The summed E-state index contributed by atoms with van der Waals surface area (Å²) >= 11 is 0. The van der Waals surface area contributed by atoms with E-state index in [1.807, 2.05) is 24.3 Å². The molecule has 0 saturated heterocycles. The number of likely N-dealkylation sites (N-methyl/N-ethyl adjacent to an activating group) is 1. The molecule has 0 bridgehead atoms. The molecule has 1 aromatic rings. The second-order valence-electron chi connectivity index (χ2n) is 4.58. The van der Waals surface area contributed by atoms with Crippen molar-refractivity contribution in [2.75, 3.05) is 44.6 Å². The molecule has 20 heavy (non-hydrogen) atoms. The zero-order chi connectivity index (χ0) is 14.8. The number of carbonyl (C=O) groups is 1. The van der Waals surface area contributed by atoms with Gasteiger partial charge in [0.2, 0.25) is 0 Å². The first-order valence-electron chi connectivity index (χ1n) is 7.25. The number of nitrogens with zero attached hydrogens (tertiary/aromatic N) is 1. The van der Waals surface area contributed by atoms with E-state index >= 15 is 0 Å². The van der Waals surface area contributed by atoms with Crippen molar-refractivity contribution < 1.29 is 4.79 Å². The Morgan fingerprint density at radius 1 is 1.15 bits per heavy atom. The van der Waals surface area contributed by atoms with Gasteiger partial charge in [0.25, 0.3) is 5.91 Å². The van der Waals surface area contributed by atoms with Crippen LogP contribution in [0.4, 0.5) is 5.69 Å². The van der Waals surface area contributed by atoms with Crippen molar-refractivity contribution >= 4 is 11.6 Å². The molecule has 4 N–H and O–H groups in total. The molecule has 0 fully saturated rings. The second kappa shape index (κ2) is 9.34. The minimum absolute atomic E-state index is 0.0254. The van der Waals surface area contributed by atoms with Crippen molar-refractivity contribution in [3.63, 3.8) is 0 Å². The van der Waals surface area contributed by atoms with Crippen LogP contribution in [0.15, 0.2) is 24.3 Å². The van der Waals surface area contributed by atoms with Crippen LogP contribution in [0.3, 0.4) is 0 Å². The summed E-state index contributed by atoms with van der Waals surface area (Å²) in [5, 5.41) is 6.11. The Labute approximate surface area is 121 Å². The Hall–Kier alpha value is -1.59. The Balaban J connectivity index is 2.39. The third-order valence-corrected chi connectivity index (χ3v) is 3.23. The number of hydrogen-bond acceptors (Lipinski definition) is 4. The van der Waals surface area contributed by atoms with Gasteiger partial charge in [-0.2, -0.15) is 0 Å². The zero-order valence-corrected chi connectivity index (χ0v) is 12.5. The molecule has 0 aromatic heterocycles. The summed E-state index contributed by atoms with van der Waals surface area (Å²) in [7, 11) is 0. The molecule has 0 aliphatic heterocycles. The van der Waals surface area contributed by atoms with E-state index in [0.717, 1.165) is 31.9 Å². The van der Waals surface area contributed by atoms with Crippen molar-refractivity contribution in [1.82, 2.24) is 10.2 Å². The number of nitrogens with one attached hydrogen (secondary N) is 2. The molecular formula is C15H26N4O. The molecular weight excluding hydrogens is 252 g/mol. The number of rotatable bonds is 9. The highest BCUT2D eigenvalue weighted by atomic mass is 16.1. The van der Waals surface area contributed by atoms with Crippen LogP contribution in [0.5, 0.6) is 0 Å². The number of carbonyl (C=O) groups excluding carboxylic acids is 1. The van der Waals surface area contributed by atoms with Crippen LogP contribution in [0.2, 0.25) is 0 Å². The molecule has 1 amide bonds. The van der Waals surface area contributed by atoms with E-state index in [2.05, 4.69) is 29.4 Å². The second-order valence-corrected chi connectivity index (χ2v) is 4.58. The molecule has 1 rings (SSSR count). The van der Waals surface area contributed by atoms with Gasteiger partial charge < -0.3 is 21.3 Å². The number of nitrogens with two attached hydrogens (primary N) is 1. The lowest BCUT2D eigenvalue weighted by Gasteiger charge is -2.18. The molecule has 0 aliphatic carbocycles. The van der Waals surface area contributed by atoms with Gasteiger partial charge in [0.1, 0.15) is 0 Å². The number of amides is 1. The van der Waals surface area contributed by atoms with E-state index in [-0.39, 0.29) is 5.91 Å². The highest BCUT2D eigenvalue weighted by molar-refractivity contribution is 5.94. The first-order valence-corrected chi connectivity index (χ1v) is 7.25. The Kier molecular flexibility index (Phi) is 7.69. The summed E-state index contributed by atoms with van der Waals surface area (Å²) in [6.45, 7) is 9.14. The number of anilines is 1. The van der Waals surface area contributed by atoms with Crippen molar-refractivity contribution in [1.29, 1.82) is 0 Å². The van der Waals surface area contributed by atoms with Gasteiger partial charge in [-0.05, 0) is 37.4 Å². The van der Waals surface area contributed by atoms with E-state index < -0.39 is 0 Å². The first-order chi connectivity index (χ1) is 9.71. The SMILES string of the molecule is CCN(CC)CCNC(=O)c1ccc(NCCN)cc1. The van der Waals surface area contributed by atoms with Crippen molar-refractivity contribution in [3.05, 3.63) is 29.8 Å². The lowest BCUT2D eigenvalue weighted by atomic mass is 10.2. The highest BCUT2D eigenvalue weighted by Gasteiger charge is 2.05. The van der Waals surface area contributed by atoms with Gasteiger partial charge in [0.05, 0.1) is 0 Å². The van der Waals surface area contributed by atoms with E-state index in [9.17, 15) is 4.79 Å². The van der Waals surface area contributed by atoms with E-state index in [1.54, 1.807) is 0 Å². The molecule has 0 saturated carbocycles. The molecule has 1 aromatic carbocycles. The lowest BCUT2D eigenvalue weighted by molar-refractivity contribution is 0.0949. The van der Waals surface area contributed by atoms with Gasteiger partial charge in [-0.3, -0.25) is 4.79 Å². The summed E-state index contributed by atoms with van der Waals surface area (Å²) in [6, 6.07) is 7.45. The first kappa shape index (κ1) is 16.5. The predicted molar refractivity (Wildman–Crippen MR) is 84.1 cm³/mol. The van der Waals surface area contributed by atoms with Gasteiger partial charge >= 0.3 is 0 Å². The summed E-state index contributed by atoms with van der Waals surface area (Å²) < 4.78 is 0. The average Bonchev–Trinajstić information content (AvgIpc) is 2.50. The Morgan fingerprint density at radius 2 is 1.80 bits per heavy atom. The standard InChI is InChI=1S/C15H26N4O/c1-3-19(4-2)12-11-18-15(20)13-5-7-14(8-6-13)17-10-9-16/h5-8,17H,3-4,9-12,16H2,1-2H3,(H,18,20). The van der Waals surface area contributed by atoms with Crippen molar-refractivity contribution in [3.8, 4) is 0 Å². The summed E-state index contributed by atoms with van der Waals surface area (Å²) in [6.07, 6.45) is 0. The summed E-state index contributed by atoms with van der Waals surface area (Å²) in [5.41, 5.74) is 7.09. The summed E-state index contributed by atoms with van der Waals surface area (Å²) in [4.78, 5) is 14.2. The lowest BCUT2D eigenvalue weighted by Crippen LogP contribution is -2.34. The van der Waals surface area contributed by atoms with Crippen LogP contribution in [0, 0.1) is 0 Å². The molecule has 0 atom stereocenters. The normalized spacial score (nSPS) is 10.6. The average molecular weight is 278 g/mol. The van der Waals surface area contributed by atoms with Crippen LogP contribution in [0.25, 0.3) is 0 Å². The minimum Gasteiger partial charge on any atom is -0.384 e. The van der Waals surface area contributed by atoms with E-state index in [0.29, 0.717) is 18.7 Å². The Bertz CT molecular complexity index is 387. The highest BCUT2D eigenvalue weighted by Crippen LogP contribution is 2.08. The summed E-state index contributed by atoms with van der Waals surface area (Å²) in [5.74, 6) is -0.0254. The molecule has 112 valence electrons. The van der Waals surface area contributed by atoms with Gasteiger partial charge in [-0.1, -0.05) is 13.8 Å². The van der Waals surface area contributed by atoms with E-state index in [4.69, 9.17) is 5.73 Å². The number of hydrogen-bond donors (Lipinski definition) is 3. The smallest absolute Gasteiger partial charge is 0.251 e. The fraction of sp³-hybridized carbons (Fsp3) is 0.533. The molecule has 0 aliphatic rings. The fourth-order valence-corrected chi connectivity index (χ4v) is 1.93. The van der Waals surface area contributed by atoms with Crippen molar-refractivity contribution in [2.24, 2.45) is 5.73 Å². The van der Waals surface area contributed by atoms with Gasteiger partial charge in [0, 0.05) is 37.4 Å². The maximum Gasteiger partial charge on any atom is 0.251 e. The van der Waals surface area contributed by atoms with E-state index in [1.165, 1.54) is 0 Å².